The highest BCUT2D eigenvalue weighted by Gasteiger charge is 2.24. The van der Waals surface area contributed by atoms with Crippen molar-refractivity contribution >= 4 is 13.7 Å². The fourth-order valence-corrected chi connectivity index (χ4v) is 8.05. The molecule has 0 saturated heterocycles. The van der Waals surface area contributed by atoms with E-state index in [0.717, 1.165) is 70.6 Å². The molecular weight excluding hydrogens is 780 g/mol. The highest BCUT2D eigenvalue weighted by Crippen LogP contribution is 2.38. The third-order valence-electron chi connectivity index (χ3n) is 11.3. The number of aliphatic hydroxyl groups excluding tert-OH is 1. The van der Waals surface area contributed by atoms with E-state index in [1.165, 1.54) is 128 Å². The number of hydrogen-bond donors (Lipinski definition) is 2. The zero-order valence-electron chi connectivity index (χ0n) is 40.6. The van der Waals surface area contributed by atoms with E-state index in [4.69, 9.17) is 9.05 Å². The number of allylic oxidation sites excluding steroid dienone is 8. The third kappa shape index (κ3) is 46.3. The standard InChI is InChI=1S/C52H99N2O6P/c1-6-8-10-12-13-14-15-16-17-18-19-20-21-22-23-24-25-26-27-28-29-30-31-32-33-34-35-36-37-38-39-40-41-42-44-46-52(56)53-50(51(55)45-43-11-9-7-2)49-60-61(57,58)59-48-47-54(3,4)5/h8,10,13-14,16-17,19-20,50-51,55H,6-7,9,11-12,15,18,21-49H2,1-5H3,(H-,53,56,57,58)/b10-8-,14-13-,17-16-,20-19-. The number of phosphoric ester groups is 1. The summed E-state index contributed by atoms with van der Waals surface area (Å²) in [6.45, 7) is 4.49. The number of unbranched alkanes of at least 4 members (excludes halogenated alkanes) is 25. The molecule has 3 unspecified atom stereocenters. The van der Waals surface area contributed by atoms with Crippen molar-refractivity contribution < 1.29 is 32.9 Å². The van der Waals surface area contributed by atoms with Gasteiger partial charge in [0.15, 0.2) is 0 Å². The maximum atomic E-state index is 12.8. The van der Waals surface area contributed by atoms with Gasteiger partial charge in [-0.1, -0.05) is 217 Å². The first kappa shape index (κ1) is 59.5. The molecule has 0 bridgehead atoms. The number of likely N-dealkylation sites (N-methyl/N-ethyl adjacent to an activating group) is 1. The number of hydrogen-bond acceptors (Lipinski definition) is 6. The molecule has 0 rings (SSSR count). The van der Waals surface area contributed by atoms with Crippen LogP contribution in [0.15, 0.2) is 48.6 Å². The molecule has 0 fully saturated rings. The second-order valence-corrected chi connectivity index (χ2v) is 19.9. The van der Waals surface area contributed by atoms with Gasteiger partial charge in [-0.15, -0.1) is 0 Å². The minimum Gasteiger partial charge on any atom is -0.756 e. The molecule has 0 aliphatic carbocycles. The summed E-state index contributed by atoms with van der Waals surface area (Å²) in [4.78, 5) is 25.1. The van der Waals surface area contributed by atoms with E-state index in [1.54, 1.807) is 0 Å². The van der Waals surface area contributed by atoms with Crippen LogP contribution in [0, 0.1) is 0 Å². The van der Waals surface area contributed by atoms with Crippen molar-refractivity contribution in [2.75, 3.05) is 40.9 Å². The molecule has 9 heteroatoms. The van der Waals surface area contributed by atoms with Crippen LogP contribution in [0.25, 0.3) is 0 Å². The maximum Gasteiger partial charge on any atom is 0.268 e. The molecule has 2 N–H and O–H groups in total. The normalized spacial score (nSPS) is 14.5. The van der Waals surface area contributed by atoms with Gasteiger partial charge in [0.1, 0.15) is 13.2 Å². The number of amides is 1. The summed E-state index contributed by atoms with van der Waals surface area (Å²) in [5.74, 6) is -0.172. The van der Waals surface area contributed by atoms with Gasteiger partial charge in [0.05, 0.1) is 39.9 Å². The highest BCUT2D eigenvalue weighted by atomic mass is 31.2. The average Bonchev–Trinajstić information content (AvgIpc) is 3.21. The number of aliphatic hydroxyl groups is 1. The first-order valence-electron chi connectivity index (χ1n) is 25.5. The molecule has 8 nitrogen and oxygen atoms in total. The molecule has 0 aromatic rings. The minimum atomic E-state index is -4.54. The molecule has 61 heavy (non-hydrogen) atoms. The lowest BCUT2D eigenvalue weighted by Crippen LogP contribution is -2.46. The largest absolute Gasteiger partial charge is 0.756 e. The average molecular weight is 879 g/mol. The van der Waals surface area contributed by atoms with Crippen LogP contribution in [0.2, 0.25) is 0 Å². The Morgan fingerprint density at radius 3 is 1.44 bits per heavy atom. The lowest BCUT2D eigenvalue weighted by molar-refractivity contribution is -0.870. The number of quaternary nitrogens is 1. The Morgan fingerprint density at radius 2 is 1.00 bits per heavy atom. The topological polar surface area (TPSA) is 108 Å². The van der Waals surface area contributed by atoms with E-state index in [0.29, 0.717) is 23.9 Å². The monoisotopic (exact) mass is 879 g/mol. The zero-order chi connectivity index (χ0) is 45.0. The van der Waals surface area contributed by atoms with Crippen molar-refractivity contribution in [1.82, 2.24) is 5.32 Å². The van der Waals surface area contributed by atoms with Crippen LogP contribution in [0.4, 0.5) is 0 Å². The summed E-state index contributed by atoms with van der Waals surface area (Å²) in [6, 6.07) is -0.794. The Bertz CT molecular complexity index is 1130. The van der Waals surface area contributed by atoms with Gasteiger partial charge < -0.3 is 28.8 Å². The van der Waals surface area contributed by atoms with Crippen LogP contribution in [-0.2, 0) is 18.4 Å². The van der Waals surface area contributed by atoms with Gasteiger partial charge in [-0.2, -0.15) is 0 Å². The van der Waals surface area contributed by atoms with E-state index in [9.17, 15) is 19.4 Å². The van der Waals surface area contributed by atoms with Crippen molar-refractivity contribution in [2.24, 2.45) is 0 Å². The number of rotatable bonds is 46. The third-order valence-corrected chi connectivity index (χ3v) is 12.3. The molecule has 0 spiro atoms. The highest BCUT2D eigenvalue weighted by molar-refractivity contribution is 7.45. The van der Waals surface area contributed by atoms with Crippen molar-refractivity contribution in [3.8, 4) is 0 Å². The molecule has 1 amide bonds. The number of carbonyl (C=O) groups is 1. The zero-order valence-corrected chi connectivity index (χ0v) is 41.5. The Morgan fingerprint density at radius 1 is 0.590 bits per heavy atom. The predicted molar refractivity (Wildman–Crippen MR) is 261 cm³/mol. The summed E-state index contributed by atoms with van der Waals surface area (Å²) in [7, 11) is 1.30. The van der Waals surface area contributed by atoms with Crippen LogP contribution in [0.1, 0.15) is 226 Å². The van der Waals surface area contributed by atoms with Gasteiger partial charge in [-0.3, -0.25) is 9.36 Å². The lowest BCUT2D eigenvalue weighted by atomic mass is 10.0. The first-order valence-corrected chi connectivity index (χ1v) is 26.9. The van der Waals surface area contributed by atoms with Gasteiger partial charge in [-0.25, -0.2) is 0 Å². The molecule has 0 aliphatic rings. The van der Waals surface area contributed by atoms with E-state index in [2.05, 4.69) is 67.8 Å². The van der Waals surface area contributed by atoms with Crippen LogP contribution >= 0.6 is 7.82 Å². The van der Waals surface area contributed by atoms with E-state index in [1.807, 2.05) is 21.1 Å². The smallest absolute Gasteiger partial charge is 0.268 e. The van der Waals surface area contributed by atoms with Crippen molar-refractivity contribution in [3.63, 3.8) is 0 Å². The van der Waals surface area contributed by atoms with E-state index < -0.39 is 20.0 Å². The molecule has 3 atom stereocenters. The van der Waals surface area contributed by atoms with Crippen LogP contribution < -0.4 is 10.2 Å². The van der Waals surface area contributed by atoms with Gasteiger partial charge in [0.25, 0.3) is 7.82 Å². The summed E-state index contributed by atoms with van der Waals surface area (Å²) < 4.78 is 23.0. The molecule has 358 valence electrons. The van der Waals surface area contributed by atoms with Crippen molar-refractivity contribution in [1.29, 1.82) is 0 Å². The van der Waals surface area contributed by atoms with Gasteiger partial charge in [-0.05, 0) is 51.4 Å². The number of nitrogens with one attached hydrogen (secondary N) is 1. The Kier molecular flexibility index (Phi) is 42.6. The molecule has 0 aromatic carbocycles. The number of phosphoric acid groups is 1. The Balaban J connectivity index is 3.71. The molecular formula is C52H99N2O6P. The number of carbonyl (C=O) groups excluding carboxylic acids is 1. The fourth-order valence-electron chi connectivity index (χ4n) is 7.33. The first-order chi connectivity index (χ1) is 29.5. The molecule has 0 heterocycles. The van der Waals surface area contributed by atoms with Crippen molar-refractivity contribution in [2.45, 2.75) is 238 Å². The second-order valence-electron chi connectivity index (χ2n) is 18.5. The summed E-state index contributed by atoms with van der Waals surface area (Å²) >= 11 is 0. The van der Waals surface area contributed by atoms with Crippen LogP contribution in [-0.4, -0.2) is 68.5 Å². The Labute approximate surface area is 378 Å². The summed E-state index contributed by atoms with van der Waals surface area (Å²) in [5.41, 5.74) is 0. The predicted octanol–water partition coefficient (Wildman–Crippen LogP) is 14.2. The Hall–Kier alpha value is -1.54. The minimum absolute atomic E-state index is 0.0117. The SMILES string of the molecule is CC/C=C\C/C=C\C/C=C\C/C=C\CCCCCCCCCCCCCCCCCCCCCCCCC(=O)NC(COP(=O)([O-])OCC[N+](C)(C)C)C(O)CCCCCC. The molecule has 0 saturated carbocycles. The summed E-state index contributed by atoms with van der Waals surface area (Å²) in [6.07, 6.45) is 56.5. The fraction of sp³-hybridized carbons (Fsp3) is 0.827. The lowest BCUT2D eigenvalue weighted by Gasteiger charge is -2.30. The van der Waals surface area contributed by atoms with Gasteiger partial charge >= 0.3 is 0 Å². The van der Waals surface area contributed by atoms with Crippen LogP contribution in [0.3, 0.4) is 0 Å². The van der Waals surface area contributed by atoms with Crippen LogP contribution in [0.5, 0.6) is 0 Å². The van der Waals surface area contributed by atoms with E-state index in [-0.39, 0.29) is 19.1 Å². The molecule has 0 radical (unpaired) electrons. The van der Waals surface area contributed by atoms with E-state index >= 15 is 0 Å². The quantitative estimate of drug-likeness (QED) is 0.0273. The maximum absolute atomic E-state index is 12.8. The number of nitrogens with zero attached hydrogens (tertiary/aromatic N) is 1. The second kappa shape index (κ2) is 43.7. The van der Waals surface area contributed by atoms with Gasteiger partial charge in [0.2, 0.25) is 5.91 Å². The summed E-state index contributed by atoms with van der Waals surface area (Å²) in [5, 5.41) is 13.7. The molecule has 0 aromatic heterocycles. The molecule has 0 aliphatic heterocycles. The van der Waals surface area contributed by atoms with Gasteiger partial charge in [0, 0.05) is 6.42 Å². The van der Waals surface area contributed by atoms with Crippen molar-refractivity contribution in [3.05, 3.63) is 48.6 Å².